The highest BCUT2D eigenvalue weighted by molar-refractivity contribution is 5.89. The van der Waals surface area contributed by atoms with Crippen LogP contribution >= 0.6 is 0 Å². The summed E-state index contributed by atoms with van der Waals surface area (Å²) in [5.74, 6) is 0.491. The van der Waals surface area contributed by atoms with Gasteiger partial charge in [0.05, 0.1) is 24.5 Å². The highest BCUT2D eigenvalue weighted by Gasteiger charge is 2.30. The quantitative estimate of drug-likeness (QED) is 0.906. The van der Waals surface area contributed by atoms with Gasteiger partial charge in [-0.3, -0.25) is 4.68 Å². The Morgan fingerprint density at radius 3 is 2.96 bits per heavy atom. The molecule has 1 aromatic carbocycles. The first-order chi connectivity index (χ1) is 11.6. The molecule has 0 saturated carbocycles. The number of fused-ring (bicyclic) bond motifs is 1. The lowest BCUT2D eigenvalue weighted by molar-refractivity contribution is 0.135. The van der Waals surface area contributed by atoms with E-state index in [4.69, 9.17) is 0 Å². The van der Waals surface area contributed by atoms with Gasteiger partial charge in [0, 0.05) is 19.3 Å². The topological polar surface area (TPSA) is 70.4 Å². The molecule has 0 radical (unpaired) electrons. The Bertz CT molecular complexity index is 711. The monoisotopic (exact) mass is 328 g/mol. The van der Waals surface area contributed by atoms with Gasteiger partial charge < -0.3 is 15.3 Å². The SMILES string of the molecule is CC(C)Cn1cc(NC(=O)N2CCc3ccccc3C2CO)cn1. The van der Waals surface area contributed by atoms with Crippen LogP contribution in [0, 0.1) is 5.92 Å². The average Bonchev–Trinajstić information content (AvgIpc) is 2.99. The van der Waals surface area contributed by atoms with E-state index in [1.54, 1.807) is 11.1 Å². The van der Waals surface area contributed by atoms with Gasteiger partial charge in [0.2, 0.25) is 0 Å². The van der Waals surface area contributed by atoms with Crippen LogP contribution in [0.15, 0.2) is 36.7 Å². The molecule has 0 aliphatic carbocycles. The summed E-state index contributed by atoms with van der Waals surface area (Å²) in [7, 11) is 0. The fraction of sp³-hybridized carbons (Fsp3) is 0.444. The summed E-state index contributed by atoms with van der Waals surface area (Å²) in [4.78, 5) is 14.3. The van der Waals surface area contributed by atoms with Gasteiger partial charge in [-0.2, -0.15) is 5.10 Å². The summed E-state index contributed by atoms with van der Waals surface area (Å²) in [6.45, 7) is 5.56. The predicted octanol–water partition coefficient (Wildman–Crippen LogP) is 2.66. The van der Waals surface area contributed by atoms with Gasteiger partial charge in [-0.25, -0.2) is 4.79 Å². The number of hydrogen-bond acceptors (Lipinski definition) is 3. The molecule has 2 N–H and O–H groups in total. The van der Waals surface area contributed by atoms with Crippen molar-refractivity contribution >= 4 is 11.7 Å². The van der Waals surface area contributed by atoms with Gasteiger partial charge in [-0.1, -0.05) is 38.1 Å². The number of urea groups is 1. The molecule has 6 nitrogen and oxygen atoms in total. The van der Waals surface area contributed by atoms with Gasteiger partial charge in [0.25, 0.3) is 0 Å². The number of hydrogen-bond donors (Lipinski definition) is 2. The minimum Gasteiger partial charge on any atom is -0.394 e. The maximum Gasteiger partial charge on any atom is 0.322 e. The van der Waals surface area contributed by atoms with Crippen molar-refractivity contribution in [2.24, 2.45) is 5.92 Å². The van der Waals surface area contributed by atoms with Crippen LogP contribution in [0.4, 0.5) is 10.5 Å². The number of aliphatic hydroxyl groups excluding tert-OH is 1. The summed E-state index contributed by atoms with van der Waals surface area (Å²) in [5.41, 5.74) is 2.90. The second-order valence-corrected chi connectivity index (χ2v) is 6.62. The van der Waals surface area contributed by atoms with Crippen molar-refractivity contribution in [3.05, 3.63) is 47.8 Å². The van der Waals surface area contributed by atoms with Crippen LogP contribution in [0.3, 0.4) is 0 Å². The van der Waals surface area contributed by atoms with Crippen LogP contribution in [0.5, 0.6) is 0 Å². The molecule has 0 saturated heterocycles. The normalized spacial score (nSPS) is 17.0. The van der Waals surface area contributed by atoms with Gasteiger partial charge in [0.15, 0.2) is 0 Å². The Kier molecular flexibility index (Phi) is 4.85. The van der Waals surface area contributed by atoms with Crippen LogP contribution in [0.25, 0.3) is 0 Å². The predicted molar refractivity (Wildman–Crippen MR) is 92.8 cm³/mol. The summed E-state index contributed by atoms with van der Waals surface area (Å²) < 4.78 is 1.83. The highest BCUT2D eigenvalue weighted by Crippen LogP contribution is 2.29. The van der Waals surface area contributed by atoms with E-state index in [0.717, 1.165) is 18.5 Å². The fourth-order valence-electron chi connectivity index (χ4n) is 3.19. The Hall–Kier alpha value is -2.34. The van der Waals surface area contributed by atoms with Gasteiger partial charge in [-0.05, 0) is 23.5 Å². The van der Waals surface area contributed by atoms with Crippen molar-refractivity contribution in [1.29, 1.82) is 0 Å². The minimum absolute atomic E-state index is 0.0863. The molecule has 1 unspecified atom stereocenters. The molecular formula is C18H24N4O2. The Morgan fingerprint density at radius 1 is 1.42 bits per heavy atom. The Balaban J connectivity index is 1.72. The van der Waals surface area contributed by atoms with Crippen molar-refractivity contribution in [1.82, 2.24) is 14.7 Å². The lowest BCUT2D eigenvalue weighted by atomic mass is 9.93. The third-order valence-corrected chi connectivity index (χ3v) is 4.28. The molecule has 2 aromatic rings. The number of rotatable bonds is 4. The van der Waals surface area contributed by atoms with Gasteiger partial charge >= 0.3 is 6.03 Å². The van der Waals surface area contributed by atoms with E-state index >= 15 is 0 Å². The van der Waals surface area contributed by atoms with Gasteiger partial charge in [-0.15, -0.1) is 0 Å². The molecule has 1 aliphatic heterocycles. The van der Waals surface area contributed by atoms with Crippen molar-refractivity contribution < 1.29 is 9.90 Å². The summed E-state index contributed by atoms with van der Waals surface area (Å²) in [5, 5.41) is 16.9. The van der Waals surface area contributed by atoms with Crippen LogP contribution in [-0.2, 0) is 13.0 Å². The molecule has 1 aromatic heterocycles. The van der Waals surface area contributed by atoms with Crippen LogP contribution in [0.1, 0.15) is 31.0 Å². The lowest BCUT2D eigenvalue weighted by Crippen LogP contribution is -2.43. The number of nitrogens with zero attached hydrogens (tertiary/aromatic N) is 3. The molecule has 0 spiro atoms. The van der Waals surface area contributed by atoms with Crippen molar-refractivity contribution in [3.63, 3.8) is 0 Å². The number of carbonyl (C=O) groups is 1. The number of nitrogens with one attached hydrogen (secondary N) is 1. The zero-order valence-electron chi connectivity index (χ0n) is 14.1. The number of aliphatic hydroxyl groups is 1. The third-order valence-electron chi connectivity index (χ3n) is 4.28. The van der Waals surface area contributed by atoms with E-state index in [1.165, 1.54) is 5.56 Å². The first-order valence-corrected chi connectivity index (χ1v) is 8.37. The van der Waals surface area contributed by atoms with Crippen molar-refractivity contribution in [3.8, 4) is 0 Å². The first kappa shape index (κ1) is 16.5. The highest BCUT2D eigenvalue weighted by atomic mass is 16.3. The summed E-state index contributed by atoms with van der Waals surface area (Å²) >= 11 is 0. The standard InChI is InChI=1S/C18H24N4O2/c1-13(2)10-21-11-15(9-19-21)20-18(24)22-8-7-14-5-3-4-6-16(14)17(22)12-23/h3-6,9,11,13,17,23H,7-8,10,12H2,1-2H3,(H,20,24). The Labute approximate surface area is 142 Å². The van der Waals surface area contributed by atoms with Gasteiger partial charge in [0.1, 0.15) is 0 Å². The summed E-state index contributed by atoms with van der Waals surface area (Å²) in [6, 6.07) is 7.47. The molecule has 0 bridgehead atoms. The molecule has 6 heteroatoms. The second kappa shape index (κ2) is 7.05. The Morgan fingerprint density at radius 2 is 2.21 bits per heavy atom. The van der Waals surface area contributed by atoms with E-state index in [2.05, 4.69) is 30.3 Å². The molecule has 128 valence electrons. The number of amides is 2. The zero-order chi connectivity index (χ0) is 17.1. The van der Waals surface area contributed by atoms with E-state index in [-0.39, 0.29) is 18.7 Å². The van der Waals surface area contributed by atoms with Crippen LogP contribution in [-0.4, -0.2) is 39.0 Å². The molecule has 2 heterocycles. The zero-order valence-corrected chi connectivity index (χ0v) is 14.1. The number of aromatic nitrogens is 2. The summed E-state index contributed by atoms with van der Waals surface area (Å²) in [6.07, 6.45) is 4.29. The number of benzene rings is 1. The van der Waals surface area contributed by atoms with E-state index in [1.807, 2.05) is 29.1 Å². The molecule has 0 fully saturated rings. The maximum atomic E-state index is 12.6. The van der Waals surface area contributed by atoms with E-state index in [9.17, 15) is 9.90 Å². The minimum atomic E-state index is -0.305. The molecule has 1 aliphatic rings. The largest absolute Gasteiger partial charge is 0.394 e. The molecule has 1 atom stereocenters. The average molecular weight is 328 g/mol. The molecular weight excluding hydrogens is 304 g/mol. The first-order valence-electron chi connectivity index (χ1n) is 8.37. The molecule has 24 heavy (non-hydrogen) atoms. The molecule has 3 rings (SSSR count). The fourth-order valence-corrected chi connectivity index (χ4v) is 3.19. The maximum absolute atomic E-state index is 12.6. The van der Waals surface area contributed by atoms with E-state index in [0.29, 0.717) is 18.2 Å². The number of carbonyl (C=O) groups excluding carboxylic acids is 1. The van der Waals surface area contributed by atoms with E-state index < -0.39 is 0 Å². The third kappa shape index (κ3) is 3.43. The number of anilines is 1. The second-order valence-electron chi connectivity index (χ2n) is 6.62. The molecule has 2 amide bonds. The van der Waals surface area contributed by atoms with Crippen LogP contribution < -0.4 is 5.32 Å². The lowest BCUT2D eigenvalue weighted by Gasteiger charge is -2.36. The van der Waals surface area contributed by atoms with Crippen LogP contribution in [0.2, 0.25) is 0 Å². The van der Waals surface area contributed by atoms with Crippen molar-refractivity contribution in [2.45, 2.75) is 32.9 Å². The van der Waals surface area contributed by atoms with Crippen molar-refractivity contribution in [2.75, 3.05) is 18.5 Å². The smallest absolute Gasteiger partial charge is 0.322 e.